The van der Waals surface area contributed by atoms with Crippen LogP contribution in [0, 0.1) is 0 Å². The lowest BCUT2D eigenvalue weighted by Gasteiger charge is -2.16. The first-order chi connectivity index (χ1) is 10.0. The fraction of sp³-hybridized carbons (Fsp3) is 0.267. The molecule has 0 aliphatic heterocycles. The standard InChI is InChI=1S/C15H17FN2O2S/c1-21(20)14-7-6-12(9-18-14)10-2-4-11(5-3-10)15(19)13(17)8-16/h2-7,9,13,15,19H,8,17H2,1H3/t13-,15-,21?/m1/s1. The van der Waals surface area contributed by atoms with Gasteiger partial charge in [0.1, 0.15) is 12.9 Å². The van der Waals surface area contributed by atoms with Gasteiger partial charge >= 0.3 is 0 Å². The topological polar surface area (TPSA) is 82.2 Å². The maximum atomic E-state index is 12.5. The van der Waals surface area contributed by atoms with Crippen LogP contribution in [-0.2, 0) is 11.2 Å². The van der Waals surface area contributed by atoms with Gasteiger partial charge in [0.05, 0.1) is 12.1 Å². The van der Waals surface area contributed by atoms with Crippen LogP contribution < -0.4 is 5.73 Å². The lowest BCUT2D eigenvalue weighted by Crippen LogP contribution is -2.30. The molecule has 0 aliphatic carbocycles. The lowest BCUT2D eigenvalue weighted by molar-refractivity contribution is 0.132. The van der Waals surface area contributed by atoms with Crippen LogP contribution in [0.4, 0.5) is 4.39 Å². The predicted molar refractivity (Wildman–Crippen MR) is 80.9 cm³/mol. The molecule has 1 aromatic carbocycles. The molecule has 6 heteroatoms. The SMILES string of the molecule is C[S+]([O-])c1ccc(-c2ccc([C@@H](O)[C@H](N)CF)cc2)cn1. The van der Waals surface area contributed by atoms with E-state index in [4.69, 9.17) is 5.73 Å². The first kappa shape index (κ1) is 15.9. The van der Waals surface area contributed by atoms with Gasteiger partial charge in [-0.2, -0.15) is 0 Å². The minimum atomic E-state index is -1.10. The van der Waals surface area contributed by atoms with Crippen molar-refractivity contribution in [2.75, 3.05) is 12.9 Å². The quantitative estimate of drug-likeness (QED) is 0.825. The first-order valence-electron chi connectivity index (χ1n) is 6.42. The molecule has 1 heterocycles. The van der Waals surface area contributed by atoms with Crippen molar-refractivity contribution in [3.05, 3.63) is 48.2 Å². The molecule has 4 nitrogen and oxygen atoms in total. The Bertz CT molecular complexity index is 575. The smallest absolute Gasteiger partial charge is 0.244 e. The summed E-state index contributed by atoms with van der Waals surface area (Å²) < 4.78 is 23.7. The van der Waals surface area contributed by atoms with Crippen LogP contribution in [0.15, 0.2) is 47.6 Å². The third-order valence-electron chi connectivity index (χ3n) is 3.20. The van der Waals surface area contributed by atoms with E-state index in [0.717, 1.165) is 11.1 Å². The van der Waals surface area contributed by atoms with Crippen LogP contribution >= 0.6 is 0 Å². The molecule has 0 bridgehead atoms. The summed E-state index contributed by atoms with van der Waals surface area (Å²) in [6, 6.07) is 9.67. The molecule has 2 aromatic rings. The molecule has 112 valence electrons. The van der Waals surface area contributed by atoms with E-state index < -0.39 is 30.0 Å². The summed E-state index contributed by atoms with van der Waals surface area (Å²) in [7, 11) is 0. The van der Waals surface area contributed by atoms with Gasteiger partial charge in [-0.25, -0.2) is 9.37 Å². The van der Waals surface area contributed by atoms with Crippen LogP contribution in [0.5, 0.6) is 0 Å². The molecule has 0 amide bonds. The number of nitrogens with two attached hydrogens (primary N) is 1. The third-order valence-corrected chi connectivity index (χ3v) is 4.03. The van der Waals surface area contributed by atoms with E-state index in [0.29, 0.717) is 10.6 Å². The zero-order valence-electron chi connectivity index (χ0n) is 11.6. The normalized spacial score (nSPS) is 15.5. The highest BCUT2D eigenvalue weighted by molar-refractivity contribution is 7.90. The lowest BCUT2D eigenvalue weighted by atomic mass is 10.00. The van der Waals surface area contributed by atoms with E-state index in [2.05, 4.69) is 4.98 Å². The van der Waals surface area contributed by atoms with Crippen molar-refractivity contribution in [1.29, 1.82) is 0 Å². The summed E-state index contributed by atoms with van der Waals surface area (Å²) in [5, 5.41) is 10.4. The number of aromatic nitrogens is 1. The van der Waals surface area contributed by atoms with E-state index in [1.165, 1.54) is 0 Å². The van der Waals surface area contributed by atoms with Gasteiger partial charge in [-0.3, -0.25) is 0 Å². The molecule has 3 atom stereocenters. The summed E-state index contributed by atoms with van der Waals surface area (Å²) in [4.78, 5) is 4.13. The minimum absolute atomic E-state index is 0.528. The van der Waals surface area contributed by atoms with Crippen molar-refractivity contribution in [2.45, 2.75) is 17.2 Å². The number of hydrogen-bond acceptors (Lipinski definition) is 4. The Morgan fingerprint density at radius 1 is 1.24 bits per heavy atom. The zero-order chi connectivity index (χ0) is 15.4. The van der Waals surface area contributed by atoms with Gasteiger partial charge in [0.15, 0.2) is 0 Å². The van der Waals surface area contributed by atoms with Gasteiger partial charge in [-0.05, 0) is 17.2 Å². The predicted octanol–water partition coefficient (Wildman–Crippen LogP) is 1.82. The number of benzene rings is 1. The maximum Gasteiger partial charge on any atom is 0.244 e. The maximum absolute atomic E-state index is 12.5. The molecule has 1 unspecified atom stereocenters. The highest BCUT2D eigenvalue weighted by Gasteiger charge is 2.16. The zero-order valence-corrected chi connectivity index (χ0v) is 12.4. The van der Waals surface area contributed by atoms with Crippen LogP contribution in [0.3, 0.4) is 0 Å². The Labute approximate surface area is 126 Å². The van der Waals surface area contributed by atoms with Gasteiger partial charge in [0.25, 0.3) is 0 Å². The van der Waals surface area contributed by atoms with Crippen LogP contribution in [0.25, 0.3) is 11.1 Å². The highest BCUT2D eigenvalue weighted by Crippen LogP contribution is 2.23. The summed E-state index contributed by atoms with van der Waals surface area (Å²) in [5.74, 6) is 0. The van der Waals surface area contributed by atoms with Crippen LogP contribution in [-0.4, -0.2) is 33.6 Å². The van der Waals surface area contributed by atoms with Crippen LogP contribution in [0.1, 0.15) is 11.7 Å². The molecule has 0 saturated carbocycles. The Morgan fingerprint density at radius 3 is 2.33 bits per heavy atom. The second-order valence-electron chi connectivity index (χ2n) is 4.72. The van der Waals surface area contributed by atoms with Crippen molar-refractivity contribution in [3.63, 3.8) is 0 Å². The van der Waals surface area contributed by atoms with E-state index in [9.17, 15) is 14.0 Å². The number of aliphatic hydroxyl groups is 1. The average molecular weight is 308 g/mol. The van der Waals surface area contributed by atoms with Gasteiger partial charge in [0.2, 0.25) is 5.03 Å². The van der Waals surface area contributed by atoms with Crippen molar-refractivity contribution in [2.24, 2.45) is 5.73 Å². The number of nitrogens with zero attached hydrogens (tertiary/aromatic N) is 1. The van der Waals surface area contributed by atoms with Gasteiger partial charge in [-0.15, -0.1) is 0 Å². The average Bonchev–Trinajstić information content (AvgIpc) is 2.53. The van der Waals surface area contributed by atoms with Crippen LogP contribution in [0.2, 0.25) is 0 Å². The molecule has 2 rings (SSSR count). The number of alkyl halides is 1. The van der Waals surface area contributed by atoms with E-state index in [-0.39, 0.29) is 0 Å². The highest BCUT2D eigenvalue weighted by atomic mass is 32.2. The third kappa shape index (κ3) is 3.79. The molecular weight excluding hydrogens is 291 g/mol. The number of pyridine rings is 1. The summed E-state index contributed by atoms with van der Waals surface area (Å²) in [5.41, 5.74) is 7.83. The van der Waals surface area contributed by atoms with Crippen molar-refractivity contribution in [3.8, 4) is 11.1 Å². The Balaban J connectivity index is 2.18. The number of aliphatic hydroxyl groups excluding tert-OH is 1. The van der Waals surface area contributed by atoms with E-state index in [1.807, 2.05) is 18.2 Å². The summed E-state index contributed by atoms with van der Waals surface area (Å²) >= 11 is -1.10. The fourth-order valence-corrected chi connectivity index (χ4v) is 2.39. The Kier molecular flexibility index (Phi) is 5.30. The molecule has 21 heavy (non-hydrogen) atoms. The molecule has 0 radical (unpaired) electrons. The van der Waals surface area contributed by atoms with Crippen molar-refractivity contribution >= 4 is 11.2 Å². The number of halogens is 1. The molecule has 0 spiro atoms. The van der Waals surface area contributed by atoms with Gasteiger partial charge < -0.3 is 15.4 Å². The molecular formula is C15H17FN2O2S. The van der Waals surface area contributed by atoms with Crippen molar-refractivity contribution in [1.82, 2.24) is 4.98 Å². The first-order valence-corrected chi connectivity index (χ1v) is 7.98. The van der Waals surface area contributed by atoms with Gasteiger partial charge in [-0.1, -0.05) is 24.3 Å². The van der Waals surface area contributed by atoms with E-state index >= 15 is 0 Å². The fourth-order valence-electron chi connectivity index (χ4n) is 1.93. The molecule has 0 aliphatic rings. The number of hydrogen-bond donors (Lipinski definition) is 2. The largest absolute Gasteiger partial charge is 0.610 e. The summed E-state index contributed by atoms with van der Waals surface area (Å²) in [6.07, 6.45) is 2.20. The summed E-state index contributed by atoms with van der Waals surface area (Å²) in [6.45, 7) is -0.775. The number of rotatable bonds is 5. The monoisotopic (exact) mass is 308 g/mol. The minimum Gasteiger partial charge on any atom is -0.610 e. The van der Waals surface area contributed by atoms with Gasteiger partial charge in [0, 0.05) is 29.0 Å². The van der Waals surface area contributed by atoms with Crippen molar-refractivity contribution < 1.29 is 14.0 Å². The molecule has 3 N–H and O–H groups in total. The molecule has 0 saturated heterocycles. The Hall–Kier alpha value is -1.47. The Morgan fingerprint density at radius 2 is 1.86 bits per heavy atom. The molecule has 1 aromatic heterocycles. The second-order valence-corrected chi connectivity index (χ2v) is 6.05. The van der Waals surface area contributed by atoms with E-state index in [1.54, 1.807) is 30.7 Å². The second kappa shape index (κ2) is 7.00. The molecule has 0 fully saturated rings.